The summed E-state index contributed by atoms with van der Waals surface area (Å²) in [6.07, 6.45) is 5.19. The number of nitro groups is 1. The summed E-state index contributed by atoms with van der Waals surface area (Å²) in [5.41, 5.74) is 0.654. The molecule has 0 atom stereocenters. The van der Waals surface area contributed by atoms with Crippen LogP contribution >= 0.6 is 0 Å². The van der Waals surface area contributed by atoms with Gasteiger partial charge in [-0.05, 0) is 25.8 Å². The molecule has 0 aromatic carbocycles. The third-order valence-corrected chi connectivity index (χ3v) is 2.67. The molecule has 0 saturated carbocycles. The van der Waals surface area contributed by atoms with E-state index in [9.17, 15) is 10.1 Å². The summed E-state index contributed by atoms with van der Waals surface area (Å²) in [6.45, 7) is 2.73. The number of anilines is 1. The van der Waals surface area contributed by atoms with Crippen molar-refractivity contribution in [3.8, 4) is 0 Å². The zero-order chi connectivity index (χ0) is 13.4. The van der Waals surface area contributed by atoms with Gasteiger partial charge in [-0.1, -0.05) is 12.8 Å². The van der Waals surface area contributed by atoms with Crippen LogP contribution in [-0.2, 0) is 0 Å². The molecule has 6 nitrogen and oxygen atoms in total. The molecule has 0 bridgehead atoms. The van der Waals surface area contributed by atoms with Crippen LogP contribution in [0.15, 0.2) is 12.3 Å². The van der Waals surface area contributed by atoms with E-state index < -0.39 is 4.92 Å². The van der Waals surface area contributed by atoms with Crippen LogP contribution < -0.4 is 5.32 Å². The van der Waals surface area contributed by atoms with Crippen molar-refractivity contribution in [1.29, 1.82) is 0 Å². The molecule has 0 spiro atoms. The molecule has 6 heteroatoms. The molecule has 1 aromatic heterocycles. The highest BCUT2D eigenvalue weighted by atomic mass is 16.6. The number of hydrogen-bond acceptors (Lipinski definition) is 5. The van der Waals surface area contributed by atoms with Crippen molar-refractivity contribution in [2.45, 2.75) is 32.6 Å². The van der Waals surface area contributed by atoms with Gasteiger partial charge in [-0.2, -0.15) is 0 Å². The summed E-state index contributed by atoms with van der Waals surface area (Å²) in [5, 5.41) is 22.4. The third-order valence-electron chi connectivity index (χ3n) is 2.67. The van der Waals surface area contributed by atoms with Gasteiger partial charge in [0.05, 0.1) is 4.92 Å². The van der Waals surface area contributed by atoms with E-state index in [1.54, 1.807) is 13.0 Å². The van der Waals surface area contributed by atoms with Crippen LogP contribution in [0, 0.1) is 17.0 Å². The molecule has 1 aromatic rings. The largest absolute Gasteiger partial charge is 0.396 e. The first kappa shape index (κ1) is 14.4. The van der Waals surface area contributed by atoms with Gasteiger partial charge >= 0.3 is 0 Å². The van der Waals surface area contributed by atoms with Gasteiger partial charge in [0.2, 0.25) is 0 Å². The van der Waals surface area contributed by atoms with Gasteiger partial charge < -0.3 is 10.4 Å². The minimum absolute atomic E-state index is 0.0449. The number of aliphatic hydroxyl groups is 1. The molecule has 0 unspecified atom stereocenters. The number of unbranched alkanes of at least 4 members (excludes halogenated alkanes) is 3. The molecule has 2 N–H and O–H groups in total. The van der Waals surface area contributed by atoms with Gasteiger partial charge in [0, 0.05) is 18.7 Å². The molecule has 100 valence electrons. The van der Waals surface area contributed by atoms with Gasteiger partial charge in [0.1, 0.15) is 12.0 Å². The van der Waals surface area contributed by atoms with Gasteiger partial charge in [-0.3, -0.25) is 10.1 Å². The van der Waals surface area contributed by atoms with E-state index in [-0.39, 0.29) is 12.3 Å². The summed E-state index contributed by atoms with van der Waals surface area (Å²) in [4.78, 5) is 14.2. The predicted molar refractivity (Wildman–Crippen MR) is 69.7 cm³/mol. The lowest BCUT2D eigenvalue weighted by molar-refractivity contribution is -0.385. The fourth-order valence-electron chi connectivity index (χ4n) is 1.64. The molecule has 0 amide bonds. The Hall–Kier alpha value is -1.69. The van der Waals surface area contributed by atoms with Crippen LogP contribution in [-0.4, -0.2) is 28.2 Å². The maximum Gasteiger partial charge on any atom is 0.290 e. The number of aliphatic hydroxyl groups excluding tert-OH is 1. The summed E-state index contributed by atoms with van der Waals surface area (Å²) in [7, 11) is 0. The molecule has 1 rings (SSSR count). The van der Waals surface area contributed by atoms with E-state index in [4.69, 9.17) is 5.11 Å². The smallest absolute Gasteiger partial charge is 0.290 e. The zero-order valence-corrected chi connectivity index (χ0v) is 10.6. The standard InChI is InChI=1S/C12H19N3O3/c1-10-8-12(14-9-11(10)15(17)18)13-6-4-2-3-5-7-16/h8-9,16H,2-7H2,1H3,(H,13,14). The highest BCUT2D eigenvalue weighted by Gasteiger charge is 2.10. The summed E-state index contributed by atoms with van der Waals surface area (Å²) in [5.74, 6) is 0.667. The third kappa shape index (κ3) is 4.67. The molecular formula is C12H19N3O3. The van der Waals surface area contributed by atoms with Gasteiger partial charge in [-0.15, -0.1) is 0 Å². The van der Waals surface area contributed by atoms with E-state index in [1.807, 2.05) is 0 Å². The summed E-state index contributed by atoms with van der Waals surface area (Å²) >= 11 is 0. The van der Waals surface area contributed by atoms with E-state index >= 15 is 0 Å². The number of hydrogen-bond donors (Lipinski definition) is 2. The van der Waals surface area contributed by atoms with Crippen LogP contribution in [0.1, 0.15) is 31.2 Å². The van der Waals surface area contributed by atoms with Crippen LogP contribution in [0.25, 0.3) is 0 Å². The van der Waals surface area contributed by atoms with Gasteiger partial charge in [0.15, 0.2) is 0 Å². The second kappa shape index (κ2) is 7.60. The first-order valence-electron chi connectivity index (χ1n) is 6.11. The Kier molecular flexibility index (Phi) is 6.07. The van der Waals surface area contributed by atoms with Crippen molar-refractivity contribution in [3.05, 3.63) is 27.9 Å². The minimum Gasteiger partial charge on any atom is -0.396 e. The molecule has 0 radical (unpaired) electrons. The van der Waals surface area contributed by atoms with Crippen molar-refractivity contribution in [2.75, 3.05) is 18.5 Å². The highest BCUT2D eigenvalue weighted by molar-refractivity contribution is 5.46. The molecule has 0 aliphatic rings. The van der Waals surface area contributed by atoms with E-state index in [0.29, 0.717) is 11.4 Å². The lowest BCUT2D eigenvalue weighted by Gasteiger charge is -2.06. The maximum atomic E-state index is 10.6. The van der Waals surface area contributed by atoms with Crippen LogP contribution in [0.2, 0.25) is 0 Å². The fourth-order valence-corrected chi connectivity index (χ4v) is 1.64. The quantitative estimate of drug-likeness (QED) is 0.421. The van der Waals surface area contributed by atoms with Crippen LogP contribution in [0.3, 0.4) is 0 Å². The Bertz CT molecular complexity index is 396. The lowest BCUT2D eigenvalue weighted by Crippen LogP contribution is -2.04. The average Bonchev–Trinajstić information content (AvgIpc) is 2.33. The summed E-state index contributed by atoms with van der Waals surface area (Å²) < 4.78 is 0. The average molecular weight is 253 g/mol. The second-order valence-corrected chi connectivity index (χ2v) is 4.18. The zero-order valence-electron chi connectivity index (χ0n) is 10.6. The number of aromatic nitrogens is 1. The number of rotatable bonds is 8. The van der Waals surface area contributed by atoms with Crippen molar-refractivity contribution in [1.82, 2.24) is 4.98 Å². The van der Waals surface area contributed by atoms with Crippen molar-refractivity contribution in [3.63, 3.8) is 0 Å². The molecule has 1 heterocycles. The normalized spacial score (nSPS) is 10.3. The Morgan fingerprint density at radius 3 is 2.72 bits per heavy atom. The maximum absolute atomic E-state index is 10.6. The lowest BCUT2D eigenvalue weighted by atomic mass is 10.2. The SMILES string of the molecule is Cc1cc(NCCCCCCO)ncc1[N+](=O)[O-]. The van der Waals surface area contributed by atoms with Crippen molar-refractivity contribution in [2.24, 2.45) is 0 Å². The topological polar surface area (TPSA) is 88.3 Å². The van der Waals surface area contributed by atoms with E-state index in [2.05, 4.69) is 10.3 Å². The van der Waals surface area contributed by atoms with Gasteiger partial charge in [-0.25, -0.2) is 4.98 Å². The molecule has 0 fully saturated rings. The fraction of sp³-hybridized carbons (Fsp3) is 0.583. The van der Waals surface area contributed by atoms with Crippen molar-refractivity contribution < 1.29 is 10.0 Å². The van der Waals surface area contributed by atoms with Crippen LogP contribution in [0.4, 0.5) is 11.5 Å². The van der Waals surface area contributed by atoms with E-state index in [0.717, 1.165) is 32.2 Å². The Morgan fingerprint density at radius 1 is 1.39 bits per heavy atom. The molecular weight excluding hydrogens is 234 g/mol. The molecule has 18 heavy (non-hydrogen) atoms. The Balaban J connectivity index is 2.35. The Morgan fingerprint density at radius 2 is 2.11 bits per heavy atom. The molecule has 0 saturated heterocycles. The highest BCUT2D eigenvalue weighted by Crippen LogP contribution is 2.18. The number of nitrogens with zero attached hydrogens (tertiary/aromatic N) is 2. The van der Waals surface area contributed by atoms with E-state index in [1.165, 1.54) is 6.20 Å². The minimum atomic E-state index is -0.430. The summed E-state index contributed by atoms with van der Waals surface area (Å²) in [6, 6.07) is 1.69. The second-order valence-electron chi connectivity index (χ2n) is 4.18. The van der Waals surface area contributed by atoms with Gasteiger partial charge in [0.25, 0.3) is 5.69 Å². The number of aryl methyl sites for hydroxylation is 1. The first-order valence-corrected chi connectivity index (χ1v) is 6.11. The van der Waals surface area contributed by atoms with Crippen LogP contribution in [0.5, 0.6) is 0 Å². The molecule has 0 aliphatic carbocycles. The number of nitrogens with one attached hydrogen (secondary N) is 1. The monoisotopic (exact) mass is 253 g/mol. The Labute approximate surface area is 106 Å². The number of pyridine rings is 1. The predicted octanol–water partition coefficient (Wildman–Crippen LogP) is 2.26. The first-order chi connectivity index (χ1) is 8.65. The van der Waals surface area contributed by atoms with Crippen molar-refractivity contribution >= 4 is 11.5 Å². The molecule has 0 aliphatic heterocycles.